The van der Waals surface area contributed by atoms with E-state index < -0.39 is 0 Å². The van der Waals surface area contributed by atoms with E-state index in [-0.39, 0.29) is 0 Å². The molecule has 1 nitrogen and oxygen atoms in total. The van der Waals surface area contributed by atoms with Gasteiger partial charge in [-0.3, -0.25) is 0 Å². The van der Waals surface area contributed by atoms with Crippen LogP contribution in [0.2, 0.25) is 0 Å². The van der Waals surface area contributed by atoms with Crippen LogP contribution in [0, 0.1) is 11.3 Å². The van der Waals surface area contributed by atoms with Crippen molar-refractivity contribution < 1.29 is 0 Å². The molecule has 0 saturated carbocycles. The van der Waals surface area contributed by atoms with Crippen LogP contribution in [0.4, 0.5) is 0 Å². The fraction of sp³-hybridized carbons (Fsp3) is 0.462. The van der Waals surface area contributed by atoms with Crippen LogP contribution in [0.1, 0.15) is 24.8 Å². The van der Waals surface area contributed by atoms with Crippen molar-refractivity contribution in [1.82, 2.24) is 0 Å². The fourth-order valence-corrected chi connectivity index (χ4v) is 2.28. The summed E-state index contributed by atoms with van der Waals surface area (Å²) in [6.07, 6.45) is 4.14. The van der Waals surface area contributed by atoms with Crippen molar-refractivity contribution in [3.63, 3.8) is 0 Å². The molecule has 1 aromatic carbocycles. The summed E-state index contributed by atoms with van der Waals surface area (Å²) in [6.45, 7) is 0. The van der Waals surface area contributed by atoms with Gasteiger partial charge in [0.2, 0.25) is 0 Å². The summed E-state index contributed by atoms with van der Waals surface area (Å²) in [7, 11) is 0. The van der Waals surface area contributed by atoms with Crippen LogP contribution in [-0.4, -0.2) is 11.5 Å². The molecule has 0 unspecified atom stereocenters. The molecule has 15 heavy (non-hydrogen) atoms. The maximum absolute atomic E-state index is 8.36. The number of thioether (sulfide) groups is 1. The van der Waals surface area contributed by atoms with E-state index in [0.717, 1.165) is 12.2 Å². The van der Waals surface area contributed by atoms with Gasteiger partial charge < -0.3 is 0 Å². The van der Waals surface area contributed by atoms with Crippen LogP contribution >= 0.6 is 11.8 Å². The van der Waals surface area contributed by atoms with Crippen molar-refractivity contribution in [3.8, 4) is 6.07 Å². The molecule has 0 aliphatic heterocycles. The Kier molecular flexibility index (Phi) is 6.77. The molecule has 1 rings (SSSR count). The molecular formula is C13H17NS. The van der Waals surface area contributed by atoms with Gasteiger partial charge in [0.1, 0.15) is 0 Å². The van der Waals surface area contributed by atoms with Crippen molar-refractivity contribution in [3.05, 3.63) is 35.9 Å². The van der Waals surface area contributed by atoms with E-state index >= 15 is 0 Å². The Bertz CT molecular complexity index is 289. The van der Waals surface area contributed by atoms with E-state index in [4.69, 9.17) is 5.26 Å². The van der Waals surface area contributed by atoms with Crippen LogP contribution in [-0.2, 0) is 6.42 Å². The van der Waals surface area contributed by atoms with Gasteiger partial charge in [0.15, 0.2) is 0 Å². The second-order valence-corrected chi connectivity index (χ2v) is 4.69. The first-order valence-electron chi connectivity index (χ1n) is 5.42. The predicted octanol–water partition coefficient (Wildman–Crippen LogP) is 3.66. The molecule has 0 spiro atoms. The van der Waals surface area contributed by atoms with Crippen molar-refractivity contribution in [2.24, 2.45) is 0 Å². The number of aryl methyl sites for hydroxylation is 1. The molecule has 2 heteroatoms. The number of hydrogen-bond acceptors (Lipinski definition) is 2. The van der Waals surface area contributed by atoms with Crippen molar-refractivity contribution in [2.75, 3.05) is 11.5 Å². The molecule has 0 aliphatic rings. The maximum Gasteiger partial charge on any atom is 0.0622 e. The lowest BCUT2D eigenvalue weighted by molar-refractivity contribution is 0.926. The molecular weight excluding hydrogens is 202 g/mol. The van der Waals surface area contributed by atoms with E-state index in [1.165, 1.54) is 24.2 Å². The molecule has 0 radical (unpaired) electrons. The van der Waals surface area contributed by atoms with Gasteiger partial charge in [-0.25, -0.2) is 0 Å². The van der Waals surface area contributed by atoms with Crippen LogP contribution in [0.15, 0.2) is 30.3 Å². The number of benzene rings is 1. The standard InChI is InChI=1S/C13H17NS/c14-10-4-5-11-15-12-6-9-13-7-2-1-3-8-13/h1-3,7-8H,4-6,9,11-12H2. The second kappa shape index (κ2) is 8.38. The molecule has 0 amide bonds. The number of hydrogen-bond donors (Lipinski definition) is 0. The summed E-state index contributed by atoms with van der Waals surface area (Å²) >= 11 is 1.96. The minimum Gasteiger partial charge on any atom is -0.198 e. The van der Waals surface area contributed by atoms with Crippen LogP contribution in [0.5, 0.6) is 0 Å². The van der Waals surface area contributed by atoms with Crippen LogP contribution in [0.25, 0.3) is 0 Å². The largest absolute Gasteiger partial charge is 0.198 e. The van der Waals surface area contributed by atoms with Crippen molar-refractivity contribution in [1.29, 1.82) is 5.26 Å². The summed E-state index contributed by atoms with van der Waals surface area (Å²) in [5, 5.41) is 8.36. The molecule has 0 atom stereocenters. The average molecular weight is 219 g/mol. The van der Waals surface area contributed by atoms with E-state index in [1.807, 2.05) is 11.8 Å². The SMILES string of the molecule is N#CCCCSCCCc1ccccc1. The highest BCUT2D eigenvalue weighted by atomic mass is 32.2. The molecule has 0 aliphatic carbocycles. The monoisotopic (exact) mass is 219 g/mol. The molecule has 0 aromatic heterocycles. The third kappa shape index (κ3) is 6.19. The molecule has 0 N–H and O–H groups in total. The van der Waals surface area contributed by atoms with Crippen molar-refractivity contribution in [2.45, 2.75) is 25.7 Å². The van der Waals surface area contributed by atoms with Gasteiger partial charge in [0.05, 0.1) is 6.07 Å². The van der Waals surface area contributed by atoms with Gasteiger partial charge in [-0.05, 0) is 36.3 Å². The van der Waals surface area contributed by atoms with E-state index in [0.29, 0.717) is 6.42 Å². The maximum atomic E-state index is 8.36. The van der Waals surface area contributed by atoms with Crippen molar-refractivity contribution >= 4 is 11.8 Å². The summed E-state index contributed by atoms with van der Waals surface area (Å²) in [4.78, 5) is 0. The Morgan fingerprint density at radius 2 is 1.80 bits per heavy atom. The summed E-state index contributed by atoms with van der Waals surface area (Å²) < 4.78 is 0. The Balaban J connectivity index is 1.96. The fourth-order valence-electron chi connectivity index (χ4n) is 1.38. The Morgan fingerprint density at radius 3 is 2.53 bits per heavy atom. The zero-order chi connectivity index (χ0) is 10.8. The highest BCUT2D eigenvalue weighted by Crippen LogP contribution is 2.09. The van der Waals surface area contributed by atoms with Gasteiger partial charge in [-0.2, -0.15) is 17.0 Å². The number of nitrogens with zero attached hydrogens (tertiary/aromatic N) is 1. The third-order valence-electron chi connectivity index (χ3n) is 2.17. The third-order valence-corrected chi connectivity index (χ3v) is 3.33. The first-order valence-corrected chi connectivity index (χ1v) is 6.57. The van der Waals surface area contributed by atoms with Gasteiger partial charge >= 0.3 is 0 Å². The molecule has 1 aromatic rings. The lowest BCUT2D eigenvalue weighted by Crippen LogP contribution is -1.88. The minimum atomic E-state index is 0.700. The van der Waals surface area contributed by atoms with Crippen LogP contribution < -0.4 is 0 Å². The van der Waals surface area contributed by atoms with Gasteiger partial charge in [0, 0.05) is 6.42 Å². The molecule has 0 saturated heterocycles. The average Bonchev–Trinajstić information content (AvgIpc) is 2.29. The number of nitriles is 1. The number of rotatable bonds is 7. The van der Waals surface area contributed by atoms with Crippen LogP contribution in [0.3, 0.4) is 0 Å². The van der Waals surface area contributed by atoms with E-state index in [9.17, 15) is 0 Å². The Hall–Kier alpha value is -0.940. The lowest BCUT2D eigenvalue weighted by atomic mass is 10.1. The summed E-state index contributed by atoms with van der Waals surface area (Å²) in [6, 6.07) is 12.8. The molecule has 0 heterocycles. The quantitative estimate of drug-likeness (QED) is 0.653. The van der Waals surface area contributed by atoms with Gasteiger partial charge in [-0.1, -0.05) is 30.3 Å². The Labute approximate surface area is 96.5 Å². The Morgan fingerprint density at radius 1 is 1.07 bits per heavy atom. The highest BCUT2D eigenvalue weighted by Gasteiger charge is 1.93. The highest BCUT2D eigenvalue weighted by molar-refractivity contribution is 7.99. The second-order valence-electron chi connectivity index (χ2n) is 3.46. The molecule has 80 valence electrons. The first kappa shape index (κ1) is 12.1. The smallest absolute Gasteiger partial charge is 0.0622 e. The zero-order valence-corrected chi connectivity index (χ0v) is 9.80. The minimum absolute atomic E-state index is 0.700. The van der Waals surface area contributed by atoms with Gasteiger partial charge in [0.25, 0.3) is 0 Å². The lowest BCUT2D eigenvalue weighted by Gasteiger charge is -2.01. The van der Waals surface area contributed by atoms with Gasteiger partial charge in [-0.15, -0.1) is 0 Å². The zero-order valence-electron chi connectivity index (χ0n) is 8.98. The summed E-state index contributed by atoms with van der Waals surface area (Å²) in [5.41, 5.74) is 1.43. The van der Waals surface area contributed by atoms with E-state index in [1.54, 1.807) is 0 Å². The van der Waals surface area contributed by atoms with E-state index in [2.05, 4.69) is 36.4 Å². The number of unbranched alkanes of at least 4 members (excludes halogenated alkanes) is 1. The predicted molar refractivity (Wildman–Crippen MR) is 66.9 cm³/mol. The topological polar surface area (TPSA) is 23.8 Å². The summed E-state index contributed by atoms with van der Waals surface area (Å²) in [5.74, 6) is 2.34. The molecule has 0 fully saturated rings. The normalized spacial score (nSPS) is 9.80. The first-order chi connectivity index (χ1) is 7.43. The molecule has 0 bridgehead atoms.